The predicted molar refractivity (Wildman–Crippen MR) is 166 cm³/mol. The third-order valence-electron chi connectivity index (χ3n) is 6.92. The molecule has 0 aliphatic carbocycles. The normalized spacial score (nSPS) is 15.0. The molecule has 1 atom stereocenters. The first-order valence-corrected chi connectivity index (χ1v) is 15.0. The van der Waals surface area contributed by atoms with Gasteiger partial charge in [0.25, 0.3) is 0 Å². The van der Waals surface area contributed by atoms with E-state index in [0.717, 1.165) is 33.7 Å². The number of carbonyl (C=O) groups excluding carboxylic acids is 2. The van der Waals surface area contributed by atoms with Crippen molar-refractivity contribution in [3.05, 3.63) is 94.5 Å². The molecule has 7 nitrogen and oxygen atoms in total. The van der Waals surface area contributed by atoms with Gasteiger partial charge in [-0.2, -0.15) is 5.10 Å². The Hall–Kier alpha value is -3.75. The number of thioether (sulfide) groups is 1. The number of nitrogens with one attached hydrogen (secondary N) is 1. The molecule has 2 heterocycles. The van der Waals surface area contributed by atoms with Crippen LogP contribution in [0.5, 0.6) is 5.75 Å². The number of hydrogen-bond acceptors (Lipinski definition) is 5. The molecule has 1 aromatic heterocycles. The van der Waals surface area contributed by atoms with Gasteiger partial charge in [-0.1, -0.05) is 73.5 Å². The second-order valence-electron chi connectivity index (χ2n) is 10.5. The van der Waals surface area contributed by atoms with Crippen LogP contribution in [-0.4, -0.2) is 47.5 Å². The summed E-state index contributed by atoms with van der Waals surface area (Å²) in [6.07, 6.45) is 0. The highest BCUT2D eigenvalue weighted by Crippen LogP contribution is 2.50. The van der Waals surface area contributed by atoms with Crippen molar-refractivity contribution in [3.63, 3.8) is 0 Å². The van der Waals surface area contributed by atoms with E-state index in [1.807, 2.05) is 93.6 Å². The first-order chi connectivity index (χ1) is 19.8. The molecule has 0 saturated heterocycles. The van der Waals surface area contributed by atoms with E-state index in [0.29, 0.717) is 23.1 Å². The Bertz CT molecular complexity index is 1550. The molecule has 4 aromatic rings. The number of rotatable bonds is 8. The number of carbonyl (C=O) groups is 2. The third-order valence-corrected chi connectivity index (χ3v) is 8.40. The minimum atomic E-state index is -0.293. The van der Waals surface area contributed by atoms with Gasteiger partial charge in [-0.25, -0.2) is 4.68 Å². The molecule has 1 N–H and O–H groups in total. The lowest BCUT2D eigenvalue weighted by Crippen LogP contribution is -2.43. The van der Waals surface area contributed by atoms with Gasteiger partial charge in [-0.05, 0) is 43.2 Å². The van der Waals surface area contributed by atoms with E-state index >= 15 is 0 Å². The Morgan fingerprint density at radius 1 is 1.10 bits per heavy atom. The fourth-order valence-electron chi connectivity index (χ4n) is 4.85. The maximum atomic E-state index is 13.8. The summed E-state index contributed by atoms with van der Waals surface area (Å²) in [5.74, 6) is 1.38. The van der Waals surface area contributed by atoms with Crippen molar-refractivity contribution in [1.29, 1.82) is 0 Å². The standard InChI is InChI=1S/C32H33ClN4O3S/c1-20(2)17-34-27(38)18-36-28(39)19-41-31(25-7-5-6-8-26(25)40-4)29-30(22-11-13-23(33)14-12-22)35-37(32(29)36)24-15-9-21(3)10-16-24/h5-16,20,31H,17-19H2,1-4H3,(H,34,38)/t31-/m1/s1. The summed E-state index contributed by atoms with van der Waals surface area (Å²) in [5, 5.41) is 8.42. The van der Waals surface area contributed by atoms with E-state index in [-0.39, 0.29) is 35.3 Å². The average molecular weight is 589 g/mol. The number of aryl methyl sites for hydroxylation is 1. The highest BCUT2D eigenvalue weighted by molar-refractivity contribution is 8.00. The SMILES string of the molecule is COc1ccccc1[C@H]1SCC(=O)N(CC(=O)NCC(C)C)c2c1c(-c1ccc(Cl)cc1)nn2-c1ccc(C)cc1. The van der Waals surface area contributed by atoms with Crippen LogP contribution in [0.1, 0.15) is 35.8 Å². The monoisotopic (exact) mass is 588 g/mol. The number of fused-ring (bicyclic) bond motifs is 1. The summed E-state index contributed by atoms with van der Waals surface area (Å²) < 4.78 is 7.56. The maximum Gasteiger partial charge on any atom is 0.240 e. The lowest BCUT2D eigenvalue weighted by molar-refractivity contribution is -0.123. The van der Waals surface area contributed by atoms with Crippen molar-refractivity contribution in [2.75, 3.05) is 30.9 Å². The molecule has 0 fully saturated rings. The van der Waals surface area contributed by atoms with Gasteiger partial charge in [0.2, 0.25) is 11.8 Å². The number of anilines is 1. The van der Waals surface area contributed by atoms with Gasteiger partial charge in [0, 0.05) is 28.3 Å². The maximum absolute atomic E-state index is 13.8. The van der Waals surface area contributed by atoms with Gasteiger partial charge in [0.1, 0.15) is 18.1 Å². The lowest BCUT2D eigenvalue weighted by atomic mass is 9.99. The molecule has 0 bridgehead atoms. The van der Waals surface area contributed by atoms with E-state index in [1.54, 1.807) is 16.7 Å². The van der Waals surface area contributed by atoms with Crippen LogP contribution >= 0.6 is 23.4 Å². The molecule has 1 aliphatic heterocycles. The number of aromatic nitrogens is 2. The van der Waals surface area contributed by atoms with Crippen molar-refractivity contribution >= 4 is 41.0 Å². The van der Waals surface area contributed by atoms with Crippen LogP contribution in [0.4, 0.5) is 5.82 Å². The molecular weight excluding hydrogens is 556 g/mol. The molecule has 41 heavy (non-hydrogen) atoms. The topological polar surface area (TPSA) is 76.5 Å². The number of benzene rings is 3. The minimum absolute atomic E-state index is 0.116. The summed E-state index contributed by atoms with van der Waals surface area (Å²) >= 11 is 7.76. The molecule has 0 saturated carbocycles. The Balaban J connectivity index is 1.79. The van der Waals surface area contributed by atoms with Crippen molar-refractivity contribution in [2.24, 2.45) is 5.92 Å². The number of methoxy groups -OCH3 is 1. The molecule has 0 unspecified atom stereocenters. The highest BCUT2D eigenvalue weighted by Gasteiger charge is 2.38. The fourth-order valence-corrected chi connectivity index (χ4v) is 6.20. The predicted octanol–water partition coefficient (Wildman–Crippen LogP) is 6.45. The summed E-state index contributed by atoms with van der Waals surface area (Å²) in [6.45, 7) is 6.51. The average Bonchev–Trinajstić information content (AvgIpc) is 3.29. The number of hydrogen-bond donors (Lipinski definition) is 1. The second-order valence-corrected chi connectivity index (χ2v) is 12.0. The highest BCUT2D eigenvalue weighted by atomic mass is 35.5. The first kappa shape index (κ1) is 28.8. The number of amides is 2. The lowest BCUT2D eigenvalue weighted by Gasteiger charge is -2.24. The third kappa shape index (κ3) is 6.14. The van der Waals surface area contributed by atoms with E-state index in [2.05, 4.69) is 5.32 Å². The smallest absolute Gasteiger partial charge is 0.240 e. The zero-order valence-corrected chi connectivity index (χ0v) is 25.1. The summed E-state index contributed by atoms with van der Waals surface area (Å²) in [7, 11) is 1.65. The van der Waals surface area contributed by atoms with E-state index < -0.39 is 0 Å². The first-order valence-electron chi connectivity index (χ1n) is 13.5. The largest absolute Gasteiger partial charge is 0.496 e. The van der Waals surface area contributed by atoms with Crippen molar-refractivity contribution in [3.8, 4) is 22.7 Å². The van der Waals surface area contributed by atoms with Gasteiger partial charge in [-0.3, -0.25) is 14.5 Å². The quantitative estimate of drug-likeness (QED) is 0.256. The fraction of sp³-hybridized carbons (Fsp3) is 0.281. The van der Waals surface area contributed by atoms with Gasteiger partial charge in [-0.15, -0.1) is 11.8 Å². The summed E-state index contributed by atoms with van der Waals surface area (Å²) in [5.41, 5.74) is 5.23. The zero-order chi connectivity index (χ0) is 29.1. The van der Waals surface area contributed by atoms with Crippen molar-refractivity contribution in [1.82, 2.24) is 15.1 Å². The van der Waals surface area contributed by atoms with Gasteiger partial charge in [0.05, 0.1) is 29.5 Å². The number of nitrogens with zero attached hydrogens (tertiary/aromatic N) is 3. The summed E-state index contributed by atoms with van der Waals surface area (Å²) in [4.78, 5) is 28.6. The molecule has 0 radical (unpaired) electrons. The number of para-hydroxylation sites is 1. The van der Waals surface area contributed by atoms with Crippen LogP contribution < -0.4 is 15.0 Å². The van der Waals surface area contributed by atoms with Crippen molar-refractivity contribution in [2.45, 2.75) is 26.0 Å². The van der Waals surface area contributed by atoms with E-state index in [4.69, 9.17) is 21.4 Å². The van der Waals surface area contributed by atoms with Crippen LogP contribution in [0.25, 0.3) is 16.9 Å². The van der Waals surface area contributed by atoms with E-state index in [1.165, 1.54) is 11.8 Å². The molecule has 2 amide bonds. The van der Waals surface area contributed by atoms with Crippen molar-refractivity contribution < 1.29 is 14.3 Å². The molecule has 212 valence electrons. The summed E-state index contributed by atoms with van der Waals surface area (Å²) in [6, 6.07) is 23.3. The molecule has 3 aromatic carbocycles. The molecule has 1 aliphatic rings. The van der Waals surface area contributed by atoms with Gasteiger partial charge >= 0.3 is 0 Å². The van der Waals surface area contributed by atoms with Gasteiger partial charge < -0.3 is 10.1 Å². The molecule has 0 spiro atoms. The Labute approximate surface area is 249 Å². The molecule has 9 heteroatoms. The minimum Gasteiger partial charge on any atom is -0.496 e. The second kappa shape index (κ2) is 12.4. The van der Waals surface area contributed by atoms with Crippen LogP contribution in [0.2, 0.25) is 5.02 Å². The Morgan fingerprint density at radius 3 is 2.49 bits per heavy atom. The molecule has 5 rings (SSSR count). The van der Waals surface area contributed by atoms with E-state index in [9.17, 15) is 9.59 Å². The molecular formula is C32H33ClN4O3S. The zero-order valence-electron chi connectivity index (χ0n) is 23.6. The van der Waals surface area contributed by atoms with Crippen LogP contribution in [-0.2, 0) is 9.59 Å². The van der Waals surface area contributed by atoms with Crippen LogP contribution in [0, 0.1) is 12.8 Å². The Kier molecular flexibility index (Phi) is 8.71. The number of ether oxygens (including phenoxy) is 1. The Morgan fingerprint density at radius 2 is 1.80 bits per heavy atom. The van der Waals surface area contributed by atoms with Gasteiger partial charge in [0.15, 0.2) is 0 Å². The van der Waals surface area contributed by atoms with Crippen LogP contribution in [0.3, 0.4) is 0 Å². The van der Waals surface area contributed by atoms with Crippen LogP contribution in [0.15, 0.2) is 72.8 Å². The number of halogens is 1.